The third-order valence-electron chi connectivity index (χ3n) is 1.96. The summed E-state index contributed by atoms with van der Waals surface area (Å²) in [4.78, 5) is 11.3. The number of benzene rings is 1. The fourth-order valence-electron chi connectivity index (χ4n) is 1.23. The smallest absolute Gasteiger partial charge is 0.310 e. The average molecular weight is 263 g/mol. The van der Waals surface area contributed by atoms with Gasteiger partial charge in [0.1, 0.15) is 5.75 Å². The van der Waals surface area contributed by atoms with E-state index >= 15 is 0 Å². The summed E-state index contributed by atoms with van der Waals surface area (Å²) in [5.41, 5.74) is 0.640. The highest BCUT2D eigenvalue weighted by molar-refractivity contribution is 6.36. The van der Waals surface area contributed by atoms with Crippen LogP contribution in [0, 0.1) is 0 Å². The number of rotatable bonds is 4. The highest BCUT2D eigenvalue weighted by Gasteiger charge is 2.11. The van der Waals surface area contributed by atoms with E-state index in [4.69, 9.17) is 32.7 Å². The summed E-state index contributed by atoms with van der Waals surface area (Å²) < 4.78 is 9.87. The Labute approximate surface area is 104 Å². The van der Waals surface area contributed by atoms with Gasteiger partial charge in [0.2, 0.25) is 0 Å². The lowest BCUT2D eigenvalue weighted by Crippen LogP contribution is -2.08. The SMILES string of the molecule is CCOC(=O)Cc1cc(OC)c(Cl)cc1Cl. The predicted molar refractivity (Wildman–Crippen MR) is 63.4 cm³/mol. The van der Waals surface area contributed by atoms with E-state index in [-0.39, 0.29) is 12.4 Å². The third-order valence-corrected chi connectivity index (χ3v) is 2.61. The quantitative estimate of drug-likeness (QED) is 0.783. The summed E-state index contributed by atoms with van der Waals surface area (Å²) in [7, 11) is 1.50. The van der Waals surface area contributed by atoms with Gasteiger partial charge in [0.15, 0.2) is 0 Å². The predicted octanol–water partition coefficient (Wildman–Crippen LogP) is 3.11. The van der Waals surface area contributed by atoms with Gasteiger partial charge in [0.05, 0.1) is 25.2 Å². The fourth-order valence-corrected chi connectivity index (χ4v) is 1.76. The lowest BCUT2D eigenvalue weighted by molar-refractivity contribution is -0.142. The van der Waals surface area contributed by atoms with E-state index in [0.717, 1.165) is 0 Å². The lowest BCUT2D eigenvalue weighted by Gasteiger charge is -2.08. The van der Waals surface area contributed by atoms with Crippen LogP contribution in [0.2, 0.25) is 10.0 Å². The monoisotopic (exact) mass is 262 g/mol. The normalized spacial score (nSPS) is 10.0. The molecule has 5 heteroatoms. The van der Waals surface area contributed by atoms with Crippen LogP contribution in [-0.4, -0.2) is 19.7 Å². The van der Waals surface area contributed by atoms with E-state index in [0.29, 0.717) is 28.0 Å². The number of ether oxygens (including phenoxy) is 2. The van der Waals surface area contributed by atoms with Gasteiger partial charge in [-0.25, -0.2) is 0 Å². The summed E-state index contributed by atoms with van der Waals surface area (Å²) in [5.74, 6) is 0.166. The maximum atomic E-state index is 11.3. The standard InChI is InChI=1S/C11H12Cl2O3/c1-3-16-11(14)5-7-4-10(15-2)9(13)6-8(7)12/h4,6H,3,5H2,1-2H3. The third kappa shape index (κ3) is 3.29. The van der Waals surface area contributed by atoms with Crippen LogP contribution >= 0.6 is 23.2 Å². The van der Waals surface area contributed by atoms with Crippen LogP contribution in [0.5, 0.6) is 5.75 Å². The number of hydrogen-bond acceptors (Lipinski definition) is 3. The van der Waals surface area contributed by atoms with E-state index < -0.39 is 0 Å². The number of halogens is 2. The molecule has 0 aromatic heterocycles. The molecular weight excluding hydrogens is 251 g/mol. The second-order valence-electron chi connectivity index (χ2n) is 3.06. The van der Waals surface area contributed by atoms with Crippen molar-refractivity contribution in [1.82, 2.24) is 0 Å². The van der Waals surface area contributed by atoms with Gasteiger partial charge in [-0.05, 0) is 24.6 Å². The van der Waals surface area contributed by atoms with E-state index in [1.165, 1.54) is 7.11 Å². The van der Waals surface area contributed by atoms with Crippen molar-refractivity contribution >= 4 is 29.2 Å². The van der Waals surface area contributed by atoms with E-state index in [1.54, 1.807) is 19.1 Å². The van der Waals surface area contributed by atoms with E-state index in [2.05, 4.69) is 0 Å². The van der Waals surface area contributed by atoms with Gasteiger partial charge < -0.3 is 9.47 Å². The molecule has 16 heavy (non-hydrogen) atoms. The molecule has 0 spiro atoms. The van der Waals surface area contributed by atoms with Crippen molar-refractivity contribution in [3.63, 3.8) is 0 Å². The largest absolute Gasteiger partial charge is 0.495 e. The fraction of sp³-hybridized carbons (Fsp3) is 0.364. The maximum absolute atomic E-state index is 11.3. The van der Waals surface area contributed by atoms with Crippen molar-refractivity contribution in [1.29, 1.82) is 0 Å². The van der Waals surface area contributed by atoms with Crippen LogP contribution in [0.25, 0.3) is 0 Å². The molecule has 0 fully saturated rings. The molecule has 0 bridgehead atoms. The minimum Gasteiger partial charge on any atom is -0.495 e. The second-order valence-corrected chi connectivity index (χ2v) is 3.87. The molecule has 0 atom stereocenters. The van der Waals surface area contributed by atoms with Gasteiger partial charge in [-0.15, -0.1) is 0 Å². The highest BCUT2D eigenvalue weighted by atomic mass is 35.5. The Kier molecular flexibility index (Phi) is 4.90. The Morgan fingerprint density at radius 3 is 2.56 bits per heavy atom. The summed E-state index contributed by atoms with van der Waals surface area (Å²) in [6.07, 6.45) is 0.111. The van der Waals surface area contributed by atoms with Crippen molar-refractivity contribution < 1.29 is 14.3 Å². The Bertz CT molecular complexity index is 391. The molecular formula is C11H12Cl2O3. The van der Waals surface area contributed by atoms with E-state index in [9.17, 15) is 4.79 Å². The van der Waals surface area contributed by atoms with Crippen molar-refractivity contribution in [2.75, 3.05) is 13.7 Å². The van der Waals surface area contributed by atoms with Gasteiger partial charge >= 0.3 is 5.97 Å². The van der Waals surface area contributed by atoms with Gasteiger partial charge in [-0.1, -0.05) is 23.2 Å². The van der Waals surface area contributed by atoms with Crippen LogP contribution < -0.4 is 4.74 Å². The molecule has 1 aromatic rings. The molecule has 0 aliphatic rings. The molecule has 0 unspecified atom stereocenters. The Morgan fingerprint density at radius 1 is 1.31 bits per heavy atom. The van der Waals surface area contributed by atoms with Crippen molar-refractivity contribution in [2.45, 2.75) is 13.3 Å². The highest BCUT2D eigenvalue weighted by Crippen LogP contribution is 2.31. The molecule has 88 valence electrons. The molecule has 0 aliphatic carbocycles. The minimum absolute atomic E-state index is 0.111. The van der Waals surface area contributed by atoms with Crippen molar-refractivity contribution in [3.05, 3.63) is 27.7 Å². The molecule has 0 heterocycles. The zero-order chi connectivity index (χ0) is 12.1. The van der Waals surface area contributed by atoms with Crippen LogP contribution in [0.15, 0.2) is 12.1 Å². The first-order valence-corrected chi connectivity index (χ1v) is 5.51. The van der Waals surface area contributed by atoms with Gasteiger partial charge in [0.25, 0.3) is 0 Å². The molecule has 0 N–H and O–H groups in total. The number of hydrogen-bond donors (Lipinski definition) is 0. The first-order valence-electron chi connectivity index (χ1n) is 4.76. The van der Waals surface area contributed by atoms with Crippen molar-refractivity contribution in [2.24, 2.45) is 0 Å². The zero-order valence-electron chi connectivity index (χ0n) is 9.05. The summed E-state index contributed by atoms with van der Waals surface area (Å²) in [5, 5.41) is 0.846. The first-order chi connectivity index (χ1) is 7.58. The zero-order valence-corrected chi connectivity index (χ0v) is 10.6. The maximum Gasteiger partial charge on any atom is 0.310 e. The molecule has 0 saturated heterocycles. The number of carbonyl (C=O) groups excluding carboxylic acids is 1. The molecule has 1 rings (SSSR count). The van der Waals surface area contributed by atoms with E-state index in [1.807, 2.05) is 0 Å². The molecule has 0 aliphatic heterocycles. The molecule has 0 radical (unpaired) electrons. The molecule has 0 saturated carbocycles. The first kappa shape index (κ1) is 13.1. The second kappa shape index (κ2) is 5.97. The van der Waals surface area contributed by atoms with Crippen LogP contribution in [0.4, 0.5) is 0 Å². The number of methoxy groups -OCH3 is 1. The van der Waals surface area contributed by atoms with Crippen LogP contribution in [0.1, 0.15) is 12.5 Å². The lowest BCUT2D eigenvalue weighted by atomic mass is 10.1. The summed E-state index contributed by atoms with van der Waals surface area (Å²) in [6.45, 7) is 2.10. The summed E-state index contributed by atoms with van der Waals surface area (Å²) in [6, 6.07) is 3.19. The Balaban J connectivity index is 2.91. The van der Waals surface area contributed by atoms with Gasteiger partial charge in [-0.3, -0.25) is 4.79 Å². The van der Waals surface area contributed by atoms with Crippen molar-refractivity contribution in [3.8, 4) is 5.75 Å². The average Bonchev–Trinajstić information content (AvgIpc) is 2.22. The van der Waals surface area contributed by atoms with Crippen LogP contribution in [0.3, 0.4) is 0 Å². The van der Waals surface area contributed by atoms with Gasteiger partial charge in [-0.2, -0.15) is 0 Å². The molecule has 1 aromatic carbocycles. The Hall–Kier alpha value is -0.930. The topological polar surface area (TPSA) is 35.5 Å². The number of carbonyl (C=O) groups is 1. The Morgan fingerprint density at radius 2 is 2.00 bits per heavy atom. The molecule has 0 amide bonds. The summed E-state index contributed by atoms with van der Waals surface area (Å²) >= 11 is 11.8. The number of esters is 1. The molecule has 3 nitrogen and oxygen atoms in total. The van der Waals surface area contributed by atoms with Crippen LogP contribution in [-0.2, 0) is 16.0 Å². The minimum atomic E-state index is -0.325. The van der Waals surface area contributed by atoms with Gasteiger partial charge in [0, 0.05) is 5.02 Å².